The average molecular weight is 458 g/mol. The van der Waals surface area contributed by atoms with Crippen LogP contribution >= 0.6 is 22.6 Å². The summed E-state index contributed by atoms with van der Waals surface area (Å²) in [6.45, 7) is 7.94. The summed E-state index contributed by atoms with van der Waals surface area (Å²) in [7, 11) is 1.60. The number of imidazole rings is 1. The molecule has 0 saturated heterocycles. The highest BCUT2D eigenvalue weighted by molar-refractivity contribution is 14.1. The Kier molecular flexibility index (Phi) is 7.40. The van der Waals surface area contributed by atoms with Crippen LogP contribution in [0.1, 0.15) is 43.7 Å². The molecule has 2 aromatic rings. The highest BCUT2D eigenvalue weighted by atomic mass is 127. The second-order valence-electron chi connectivity index (χ2n) is 6.29. The van der Waals surface area contributed by atoms with Crippen LogP contribution in [0.5, 0.6) is 5.75 Å². The second-order valence-corrected chi connectivity index (χ2v) is 7.46. The standard InChI is InChI=1S/C13H18INO2.C4H5N3O/c1-8(16)15-11-6-9(13(2,3)4)10(14)7-12(11)17-5;5-4(8)3-1-6-2-7-3/h6-7H,1-5H3,(H,15,16);1-2H,(H2,5,8)(H,6,7). The lowest BCUT2D eigenvalue weighted by Crippen LogP contribution is -2.15. The third-order valence-electron chi connectivity index (χ3n) is 3.17. The summed E-state index contributed by atoms with van der Waals surface area (Å²) >= 11 is 2.29. The van der Waals surface area contributed by atoms with Gasteiger partial charge in [-0.25, -0.2) is 4.98 Å². The van der Waals surface area contributed by atoms with Crippen molar-refractivity contribution in [1.29, 1.82) is 0 Å². The summed E-state index contributed by atoms with van der Waals surface area (Å²) in [4.78, 5) is 27.5. The molecular formula is C17H23IN4O3. The molecule has 25 heavy (non-hydrogen) atoms. The predicted molar refractivity (Wildman–Crippen MR) is 106 cm³/mol. The van der Waals surface area contributed by atoms with Crippen molar-refractivity contribution in [2.45, 2.75) is 33.1 Å². The summed E-state index contributed by atoms with van der Waals surface area (Å²) in [6.07, 6.45) is 2.78. The van der Waals surface area contributed by atoms with Crippen LogP contribution in [0.15, 0.2) is 24.7 Å². The monoisotopic (exact) mass is 458 g/mol. The highest BCUT2D eigenvalue weighted by Gasteiger charge is 2.20. The minimum absolute atomic E-state index is 0.0377. The lowest BCUT2D eigenvalue weighted by molar-refractivity contribution is -0.114. The maximum Gasteiger partial charge on any atom is 0.266 e. The zero-order valence-corrected chi connectivity index (χ0v) is 17.1. The van der Waals surface area contributed by atoms with Crippen LogP contribution in [0.25, 0.3) is 0 Å². The van der Waals surface area contributed by atoms with Crippen molar-refractivity contribution in [3.8, 4) is 5.75 Å². The van der Waals surface area contributed by atoms with Gasteiger partial charge in [0, 0.05) is 10.5 Å². The van der Waals surface area contributed by atoms with Gasteiger partial charge in [0.15, 0.2) is 0 Å². The van der Waals surface area contributed by atoms with Gasteiger partial charge in [0.2, 0.25) is 5.91 Å². The third kappa shape index (κ3) is 6.37. The predicted octanol–water partition coefficient (Wildman–Crippen LogP) is 3.06. The fourth-order valence-corrected chi connectivity index (χ4v) is 3.22. The topological polar surface area (TPSA) is 110 Å². The maximum atomic E-state index is 11.2. The van der Waals surface area contributed by atoms with Crippen molar-refractivity contribution in [2.24, 2.45) is 5.73 Å². The Morgan fingerprint density at radius 1 is 1.32 bits per heavy atom. The number of ether oxygens (including phenoxy) is 1. The fraction of sp³-hybridized carbons (Fsp3) is 0.353. The van der Waals surface area contributed by atoms with E-state index in [4.69, 9.17) is 10.5 Å². The average Bonchev–Trinajstić information content (AvgIpc) is 3.02. The molecule has 0 aliphatic carbocycles. The van der Waals surface area contributed by atoms with Crippen LogP contribution < -0.4 is 15.8 Å². The number of nitrogens with zero attached hydrogens (tertiary/aromatic N) is 1. The molecule has 7 nitrogen and oxygen atoms in total. The van der Waals surface area contributed by atoms with Gasteiger partial charge in [0.05, 0.1) is 25.3 Å². The molecule has 2 rings (SSSR count). The van der Waals surface area contributed by atoms with Gasteiger partial charge in [0.1, 0.15) is 11.4 Å². The van der Waals surface area contributed by atoms with Crippen molar-refractivity contribution in [2.75, 3.05) is 12.4 Å². The van der Waals surface area contributed by atoms with Crippen LogP contribution in [0.4, 0.5) is 5.69 Å². The van der Waals surface area contributed by atoms with Crippen molar-refractivity contribution < 1.29 is 14.3 Å². The molecule has 0 aliphatic heterocycles. The lowest BCUT2D eigenvalue weighted by Gasteiger charge is -2.23. The molecule has 0 fully saturated rings. The van der Waals surface area contributed by atoms with Gasteiger partial charge in [-0.05, 0) is 45.7 Å². The smallest absolute Gasteiger partial charge is 0.266 e. The zero-order valence-electron chi connectivity index (χ0n) is 14.9. The van der Waals surface area contributed by atoms with Gasteiger partial charge < -0.3 is 20.8 Å². The van der Waals surface area contributed by atoms with Crippen LogP contribution in [0.2, 0.25) is 0 Å². The Balaban J connectivity index is 0.000000324. The molecule has 1 heterocycles. The van der Waals surface area contributed by atoms with Gasteiger partial charge in [-0.1, -0.05) is 20.8 Å². The molecule has 2 amide bonds. The number of nitrogens with one attached hydrogen (secondary N) is 2. The first-order valence-corrected chi connectivity index (χ1v) is 8.58. The molecular weight excluding hydrogens is 435 g/mol. The number of primary amides is 1. The van der Waals surface area contributed by atoms with Crippen LogP contribution in [-0.2, 0) is 10.2 Å². The van der Waals surface area contributed by atoms with E-state index in [9.17, 15) is 9.59 Å². The number of hydrogen-bond acceptors (Lipinski definition) is 4. The number of amides is 2. The van der Waals surface area contributed by atoms with E-state index in [2.05, 4.69) is 58.6 Å². The van der Waals surface area contributed by atoms with Crippen molar-refractivity contribution in [3.63, 3.8) is 0 Å². The molecule has 0 unspecified atom stereocenters. The normalized spacial score (nSPS) is 10.5. The van der Waals surface area contributed by atoms with Crippen molar-refractivity contribution >= 4 is 40.1 Å². The molecule has 0 atom stereocenters. The lowest BCUT2D eigenvalue weighted by atomic mass is 9.87. The second kappa shape index (κ2) is 8.84. The van der Waals surface area contributed by atoms with E-state index < -0.39 is 5.91 Å². The Morgan fingerprint density at radius 2 is 1.96 bits per heavy atom. The Bertz CT molecular complexity index is 737. The molecule has 0 bridgehead atoms. The van der Waals surface area contributed by atoms with E-state index in [1.807, 2.05) is 12.1 Å². The van der Waals surface area contributed by atoms with Crippen LogP contribution in [-0.4, -0.2) is 28.9 Å². The van der Waals surface area contributed by atoms with Gasteiger partial charge in [-0.15, -0.1) is 0 Å². The van der Waals surface area contributed by atoms with E-state index in [0.29, 0.717) is 11.4 Å². The van der Waals surface area contributed by atoms with Crippen LogP contribution in [0.3, 0.4) is 0 Å². The molecule has 0 aliphatic rings. The van der Waals surface area contributed by atoms with Gasteiger partial charge in [0.25, 0.3) is 5.91 Å². The fourth-order valence-electron chi connectivity index (χ4n) is 1.98. The van der Waals surface area contributed by atoms with Gasteiger partial charge in [-0.2, -0.15) is 0 Å². The molecule has 136 valence electrons. The summed E-state index contributed by atoms with van der Waals surface area (Å²) in [5.74, 6) is 0.115. The van der Waals surface area contributed by atoms with E-state index in [1.54, 1.807) is 7.11 Å². The molecule has 0 saturated carbocycles. The molecule has 0 radical (unpaired) electrons. The zero-order chi connectivity index (χ0) is 19.2. The largest absolute Gasteiger partial charge is 0.495 e. The first kappa shape index (κ1) is 20.9. The molecule has 4 N–H and O–H groups in total. The molecule has 0 spiro atoms. The number of aromatic nitrogens is 2. The van der Waals surface area contributed by atoms with Crippen molar-refractivity contribution in [1.82, 2.24) is 9.97 Å². The highest BCUT2D eigenvalue weighted by Crippen LogP contribution is 2.35. The first-order valence-electron chi connectivity index (χ1n) is 7.50. The summed E-state index contributed by atoms with van der Waals surface area (Å²) in [5.41, 5.74) is 7.15. The number of hydrogen-bond donors (Lipinski definition) is 3. The quantitative estimate of drug-likeness (QED) is 0.614. The van der Waals surface area contributed by atoms with E-state index >= 15 is 0 Å². The minimum Gasteiger partial charge on any atom is -0.495 e. The SMILES string of the molecule is COc1cc(I)c(C(C)(C)C)cc1NC(C)=O.NC(=O)c1cnc[nH]1. The summed E-state index contributed by atoms with van der Waals surface area (Å²) in [6, 6.07) is 3.94. The molecule has 8 heteroatoms. The number of benzene rings is 1. The van der Waals surface area contributed by atoms with Crippen molar-refractivity contribution in [3.05, 3.63) is 39.5 Å². The van der Waals surface area contributed by atoms with Crippen LogP contribution in [0, 0.1) is 3.57 Å². The number of carbonyl (C=O) groups is 2. The van der Waals surface area contributed by atoms with E-state index in [1.165, 1.54) is 25.0 Å². The number of methoxy groups -OCH3 is 1. The van der Waals surface area contributed by atoms with Gasteiger partial charge >= 0.3 is 0 Å². The number of anilines is 1. The minimum atomic E-state index is -0.484. The number of carbonyl (C=O) groups excluding carboxylic acids is 2. The van der Waals surface area contributed by atoms with E-state index in [-0.39, 0.29) is 11.3 Å². The molecule has 1 aromatic heterocycles. The molecule has 1 aromatic carbocycles. The number of H-pyrrole nitrogens is 1. The Morgan fingerprint density at radius 3 is 2.32 bits per heavy atom. The summed E-state index contributed by atoms with van der Waals surface area (Å²) < 4.78 is 6.42. The third-order valence-corrected chi connectivity index (χ3v) is 4.06. The number of rotatable bonds is 3. The first-order chi connectivity index (χ1) is 11.6. The van der Waals surface area contributed by atoms with Gasteiger partial charge in [-0.3, -0.25) is 9.59 Å². The number of aromatic amines is 1. The Labute approximate surface area is 160 Å². The summed E-state index contributed by atoms with van der Waals surface area (Å²) in [5, 5.41) is 2.80. The number of nitrogens with two attached hydrogens (primary N) is 1. The van der Waals surface area contributed by atoms with E-state index in [0.717, 1.165) is 9.26 Å². The Hall–Kier alpha value is -2.10. The number of halogens is 1. The maximum absolute atomic E-state index is 11.2.